The fourth-order valence-corrected chi connectivity index (χ4v) is 25.4. The number of para-hydroxylation sites is 1. The lowest BCUT2D eigenvalue weighted by atomic mass is 9.98. The zero-order valence-corrected chi connectivity index (χ0v) is 61.5. The van der Waals surface area contributed by atoms with Gasteiger partial charge in [0, 0.05) is 63.1 Å². The Hall–Kier alpha value is -10.4. The van der Waals surface area contributed by atoms with E-state index in [0.29, 0.717) is 24.3 Å². The van der Waals surface area contributed by atoms with Crippen molar-refractivity contribution in [2.24, 2.45) is 0 Å². The van der Waals surface area contributed by atoms with E-state index in [2.05, 4.69) is 354 Å². The molecule has 2 aromatic heterocycles. The summed E-state index contributed by atoms with van der Waals surface area (Å²) >= 11 is 0. The number of furan rings is 2. The molecule has 0 saturated carbocycles. The van der Waals surface area contributed by atoms with Crippen LogP contribution in [-0.4, -0.2) is 24.4 Å². The Bertz CT molecular complexity index is 5590. The van der Waals surface area contributed by atoms with Gasteiger partial charge in [-0.15, -0.1) is 0 Å². The number of rotatable bonds is 16. The second kappa shape index (κ2) is 28.7. The first-order chi connectivity index (χ1) is 51.3. The molecule has 2 aliphatic rings. The predicted molar refractivity (Wildman–Crippen MR) is 441 cm³/mol. The Morgan fingerprint density at radius 1 is 0.269 bits per heavy atom. The molecule has 0 radical (unpaired) electrons. The molecule has 104 heavy (non-hydrogen) atoms. The van der Waals surface area contributed by atoms with Crippen molar-refractivity contribution in [3.63, 3.8) is 0 Å². The smallest absolute Gasteiger partial charge is 0.170 e. The number of hydrogen-bond acceptors (Lipinski definition) is 6. The molecule has 4 atom stereocenters. The molecule has 506 valence electrons. The SMILES string of the molecule is CC1C[C@@H](C)Oc2c(ccc(P(c3ccccc3)c3ccccc3)c2-c2c(P(c3ccccc3)c3ccccc3)ccc3c2O[C@H](C)C[C@@H](Cc2ccc4oc5c(-c6c(P(c7ccccc7)c7ccccc7)ccc7c6oc6ccccc67)c(P(c6ccccc6)c6ccccc6)ccc5c4c2)O3)O1. The van der Waals surface area contributed by atoms with Crippen molar-refractivity contribution in [3.8, 4) is 45.3 Å². The van der Waals surface area contributed by atoms with Crippen molar-refractivity contribution in [1.82, 2.24) is 0 Å². The van der Waals surface area contributed by atoms with Gasteiger partial charge in [-0.1, -0.05) is 279 Å². The molecule has 6 nitrogen and oxygen atoms in total. The zero-order valence-electron chi connectivity index (χ0n) is 57.9. The fourth-order valence-electron chi connectivity index (χ4n) is 15.6. The van der Waals surface area contributed by atoms with Crippen LogP contribution in [0, 0.1) is 0 Å². The molecule has 0 saturated heterocycles. The topological polar surface area (TPSA) is 63.2 Å². The molecule has 2 aliphatic heterocycles. The zero-order chi connectivity index (χ0) is 69.6. The number of ether oxygens (including phenoxy) is 4. The third-order valence-corrected chi connectivity index (χ3v) is 29.9. The molecule has 0 bridgehead atoms. The van der Waals surface area contributed by atoms with Gasteiger partial charge in [0.15, 0.2) is 23.0 Å². The van der Waals surface area contributed by atoms with E-state index in [1.54, 1.807) is 0 Å². The molecule has 18 rings (SSSR count). The third-order valence-electron chi connectivity index (χ3n) is 20.0. The van der Waals surface area contributed by atoms with E-state index in [9.17, 15) is 0 Å². The van der Waals surface area contributed by atoms with Gasteiger partial charge in [-0.05, 0) is 176 Å². The molecule has 0 N–H and O–H groups in total. The van der Waals surface area contributed by atoms with Gasteiger partial charge < -0.3 is 27.8 Å². The summed E-state index contributed by atoms with van der Waals surface area (Å²) in [5, 5.41) is 18.8. The number of hydrogen-bond donors (Lipinski definition) is 0. The Morgan fingerprint density at radius 2 is 0.587 bits per heavy atom. The van der Waals surface area contributed by atoms with Crippen molar-refractivity contribution in [3.05, 3.63) is 339 Å². The summed E-state index contributed by atoms with van der Waals surface area (Å²) in [7, 11) is -4.73. The first-order valence-corrected chi connectivity index (χ1v) is 41.2. The van der Waals surface area contributed by atoms with Crippen molar-refractivity contribution in [2.45, 2.75) is 64.4 Å². The molecule has 0 spiro atoms. The molecule has 16 aromatic rings. The van der Waals surface area contributed by atoms with E-state index in [1.165, 1.54) is 53.0 Å². The molecular weight excluding hydrogens is 1350 g/mol. The number of fused-ring (bicyclic) bond motifs is 8. The first kappa shape index (κ1) is 65.6. The monoisotopic (exact) mass is 1420 g/mol. The Labute approximate surface area is 611 Å². The lowest BCUT2D eigenvalue weighted by Gasteiger charge is -2.30. The minimum Gasteiger partial charge on any atom is -0.487 e. The van der Waals surface area contributed by atoms with E-state index < -0.39 is 31.7 Å². The highest BCUT2D eigenvalue weighted by atomic mass is 31.1. The number of benzene rings is 14. The van der Waals surface area contributed by atoms with Crippen molar-refractivity contribution >= 4 is 139 Å². The van der Waals surface area contributed by atoms with E-state index in [1.807, 2.05) is 0 Å². The van der Waals surface area contributed by atoms with Crippen molar-refractivity contribution in [1.29, 1.82) is 0 Å². The van der Waals surface area contributed by atoms with Gasteiger partial charge in [-0.3, -0.25) is 0 Å². The van der Waals surface area contributed by atoms with Crippen LogP contribution in [0.25, 0.3) is 66.1 Å². The summed E-state index contributed by atoms with van der Waals surface area (Å²) in [5.74, 6) is 2.86. The maximum Gasteiger partial charge on any atom is 0.170 e. The summed E-state index contributed by atoms with van der Waals surface area (Å²) in [6, 6.07) is 122. The van der Waals surface area contributed by atoms with Gasteiger partial charge >= 0.3 is 0 Å². The summed E-state index contributed by atoms with van der Waals surface area (Å²) < 4.78 is 44.6. The van der Waals surface area contributed by atoms with Crippen LogP contribution in [0.4, 0.5) is 0 Å². The van der Waals surface area contributed by atoms with Crippen LogP contribution in [0.15, 0.2) is 342 Å². The average molecular weight is 1420 g/mol. The van der Waals surface area contributed by atoms with Crippen LogP contribution in [0.5, 0.6) is 23.0 Å². The highest BCUT2D eigenvalue weighted by Crippen LogP contribution is 2.55. The molecule has 0 fully saturated rings. The standard InChI is InChI=1S/C94H74O6P4/c1-62-58-63(2)96-93-81(95-62)52-56-85(103(71-38-20-8-21-39-71)72-40-22-9-23-41-72)89(93)90-86(104(73-42-24-10-25-43-73)74-44-26-11-27-45-74)57-53-82-94(90)97-64(3)59-66(98-82)60-65-48-51-80-78(61-65)77-50-55-84(102(69-34-16-6-17-35-69)70-36-18-7-19-37-70)88(92(77)100-80)87-83(54-49-76-75-46-28-29-47-79(75)99-91(76)87)101(67-30-12-4-13-31-67)68-32-14-5-15-33-68/h4-57,61-64,66H,58-60H2,1-3H3/t62?,63-,64-,66+/m1/s1. The normalized spacial score (nSPS) is 15.9. The minimum absolute atomic E-state index is 0.0804. The second-order valence-electron chi connectivity index (χ2n) is 27.0. The van der Waals surface area contributed by atoms with Crippen LogP contribution in [-0.2, 0) is 6.42 Å². The third kappa shape index (κ3) is 12.5. The van der Waals surface area contributed by atoms with Crippen LogP contribution < -0.4 is 82.6 Å². The van der Waals surface area contributed by atoms with E-state index in [4.69, 9.17) is 27.8 Å². The highest BCUT2D eigenvalue weighted by Gasteiger charge is 2.38. The molecule has 1 unspecified atom stereocenters. The molecule has 0 aliphatic carbocycles. The minimum atomic E-state index is -1.21. The van der Waals surface area contributed by atoms with Crippen LogP contribution in [0.2, 0.25) is 0 Å². The quantitative estimate of drug-likeness (QED) is 0.0899. The predicted octanol–water partition coefficient (Wildman–Crippen LogP) is 19.0. The fraction of sp³-hybridized carbons (Fsp3) is 0.106. The maximum absolute atomic E-state index is 7.66. The molecule has 0 amide bonds. The van der Waals surface area contributed by atoms with Gasteiger partial charge in [0.1, 0.15) is 28.4 Å². The maximum atomic E-state index is 7.66. The van der Waals surface area contributed by atoms with Gasteiger partial charge in [-0.25, -0.2) is 0 Å². The summed E-state index contributed by atoms with van der Waals surface area (Å²) in [5.41, 5.74) is 8.51. The van der Waals surface area contributed by atoms with Crippen molar-refractivity contribution < 1.29 is 27.8 Å². The van der Waals surface area contributed by atoms with Crippen molar-refractivity contribution in [2.75, 3.05) is 0 Å². The molecule has 10 heteroatoms. The highest BCUT2D eigenvalue weighted by molar-refractivity contribution is 7.81. The first-order valence-electron chi connectivity index (χ1n) is 35.9. The summed E-state index contributed by atoms with van der Waals surface area (Å²) in [4.78, 5) is 0. The lowest BCUT2D eigenvalue weighted by Crippen LogP contribution is -2.27. The Balaban J connectivity index is 0.833. The summed E-state index contributed by atoms with van der Waals surface area (Å²) in [6.07, 6.45) is 1.19. The van der Waals surface area contributed by atoms with Crippen LogP contribution in [0.1, 0.15) is 39.2 Å². The second-order valence-corrected chi connectivity index (χ2v) is 35.7. The van der Waals surface area contributed by atoms with Gasteiger partial charge in [0.2, 0.25) is 0 Å². The van der Waals surface area contributed by atoms with E-state index in [-0.39, 0.29) is 24.4 Å². The van der Waals surface area contributed by atoms with Gasteiger partial charge in [0.05, 0.1) is 18.3 Å². The molecular formula is C94H74O6P4. The molecule has 14 aromatic carbocycles. The average Bonchev–Trinajstić information content (AvgIpc) is 1.20. The van der Waals surface area contributed by atoms with Crippen LogP contribution in [0.3, 0.4) is 0 Å². The van der Waals surface area contributed by atoms with E-state index in [0.717, 1.165) is 100 Å². The van der Waals surface area contributed by atoms with E-state index >= 15 is 0 Å². The Morgan fingerprint density at radius 3 is 0.990 bits per heavy atom. The lowest BCUT2D eigenvalue weighted by molar-refractivity contribution is 0.156. The Kier molecular flexibility index (Phi) is 18.1. The molecule has 4 heterocycles. The van der Waals surface area contributed by atoms with Gasteiger partial charge in [0.25, 0.3) is 0 Å². The largest absolute Gasteiger partial charge is 0.487 e. The van der Waals surface area contributed by atoms with Gasteiger partial charge in [-0.2, -0.15) is 0 Å². The van der Waals surface area contributed by atoms with Crippen LogP contribution >= 0.6 is 31.7 Å². The summed E-state index contributed by atoms with van der Waals surface area (Å²) in [6.45, 7) is 6.53.